The van der Waals surface area contributed by atoms with Crippen molar-refractivity contribution in [1.29, 1.82) is 0 Å². The molecule has 0 aromatic heterocycles. The number of hydrogen-bond donors (Lipinski definition) is 2. The molecule has 1 atom stereocenters. The summed E-state index contributed by atoms with van der Waals surface area (Å²) in [5, 5.41) is 9.07. The maximum atomic E-state index is 12.3. The third-order valence-electron chi connectivity index (χ3n) is 2.66. The summed E-state index contributed by atoms with van der Waals surface area (Å²) in [7, 11) is -4.32. The number of nitrogens with one attached hydrogen (secondary N) is 1. The van der Waals surface area contributed by atoms with Crippen LogP contribution in [0.1, 0.15) is 20.3 Å². The Morgan fingerprint density at radius 1 is 1.32 bits per heavy atom. The van der Waals surface area contributed by atoms with Crippen molar-refractivity contribution in [1.82, 2.24) is 4.72 Å². The quantitative estimate of drug-likeness (QED) is 0.757. The van der Waals surface area contributed by atoms with Gasteiger partial charge in [0.1, 0.15) is 16.7 Å². The SMILES string of the molecule is CC(C)C[C@@H](NS(=O)(=O)c1ccccc1OC(F)F)C(=O)O. The Bertz CT molecular complexity index is 619. The molecule has 0 amide bonds. The number of carboxylic acids is 1. The third kappa shape index (κ3) is 5.23. The van der Waals surface area contributed by atoms with Crippen molar-refractivity contribution < 1.29 is 31.8 Å². The van der Waals surface area contributed by atoms with Gasteiger partial charge in [-0.05, 0) is 24.5 Å². The Morgan fingerprint density at radius 3 is 2.41 bits per heavy atom. The molecule has 1 aromatic carbocycles. The molecule has 124 valence electrons. The van der Waals surface area contributed by atoms with E-state index >= 15 is 0 Å². The van der Waals surface area contributed by atoms with Crippen LogP contribution in [-0.2, 0) is 14.8 Å². The van der Waals surface area contributed by atoms with Crippen LogP contribution in [0, 0.1) is 5.92 Å². The van der Waals surface area contributed by atoms with Gasteiger partial charge in [0.25, 0.3) is 0 Å². The first-order chi connectivity index (χ1) is 10.1. The number of para-hydroxylation sites is 1. The minimum absolute atomic E-state index is 0.0619. The van der Waals surface area contributed by atoms with E-state index in [0.717, 1.165) is 12.1 Å². The summed E-state index contributed by atoms with van der Waals surface area (Å²) in [4.78, 5) is 10.6. The van der Waals surface area contributed by atoms with Crippen LogP contribution in [0.3, 0.4) is 0 Å². The van der Waals surface area contributed by atoms with Crippen LogP contribution in [0.5, 0.6) is 5.75 Å². The van der Waals surface area contributed by atoms with E-state index in [1.54, 1.807) is 13.8 Å². The van der Waals surface area contributed by atoms with Crippen LogP contribution < -0.4 is 9.46 Å². The number of aliphatic carboxylic acids is 1. The summed E-state index contributed by atoms with van der Waals surface area (Å²) >= 11 is 0. The highest BCUT2D eigenvalue weighted by atomic mass is 32.2. The predicted octanol–water partition coefficient (Wildman–Crippen LogP) is 2.07. The van der Waals surface area contributed by atoms with Gasteiger partial charge in [-0.3, -0.25) is 4.79 Å². The maximum absolute atomic E-state index is 12.3. The van der Waals surface area contributed by atoms with Crippen LogP contribution in [0.2, 0.25) is 0 Å². The number of hydrogen-bond acceptors (Lipinski definition) is 4. The molecular formula is C13H17F2NO5S. The highest BCUT2D eigenvalue weighted by Crippen LogP contribution is 2.25. The number of carboxylic acid groups (broad SMARTS) is 1. The molecule has 0 aliphatic carbocycles. The van der Waals surface area contributed by atoms with Crippen molar-refractivity contribution in [2.24, 2.45) is 5.92 Å². The average molecular weight is 337 g/mol. The van der Waals surface area contributed by atoms with E-state index in [4.69, 9.17) is 5.11 Å². The average Bonchev–Trinajstić information content (AvgIpc) is 2.36. The summed E-state index contributed by atoms with van der Waals surface area (Å²) in [5.74, 6) is -1.96. The van der Waals surface area contributed by atoms with Crippen LogP contribution >= 0.6 is 0 Å². The van der Waals surface area contributed by atoms with E-state index in [0.29, 0.717) is 0 Å². The lowest BCUT2D eigenvalue weighted by molar-refractivity contribution is -0.139. The molecule has 0 heterocycles. The molecule has 22 heavy (non-hydrogen) atoms. The summed E-state index contributed by atoms with van der Waals surface area (Å²) in [6.45, 7) is 0.276. The largest absolute Gasteiger partial charge is 0.480 e. The fourth-order valence-corrected chi connectivity index (χ4v) is 3.12. The van der Waals surface area contributed by atoms with Crippen LogP contribution in [0.25, 0.3) is 0 Å². The van der Waals surface area contributed by atoms with Gasteiger partial charge in [-0.1, -0.05) is 26.0 Å². The van der Waals surface area contributed by atoms with Crippen molar-refractivity contribution in [3.63, 3.8) is 0 Å². The van der Waals surface area contributed by atoms with Crippen LogP contribution in [-0.4, -0.2) is 32.1 Å². The summed E-state index contributed by atoms with van der Waals surface area (Å²) in [5.41, 5.74) is 0. The van der Waals surface area contributed by atoms with Gasteiger partial charge in [-0.15, -0.1) is 0 Å². The molecule has 2 N–H and O–H groups in total. The second-order valence-corrected chi connectivity index (χ2v) is 6.65. The summed E-state index contributed by atoms with van der Waals surface area (Å²) in [6, 6.07) is 3.43. The Kier molecular flexibility index (Phi) is 6.24. The predicted molar refractivity (Wildman–Crippen MR) is 74.3 cm³/mol. The molecule has 0 saturated carbocycles. The van der Waals surface area contributed by atoms with Gasteiger partial charge in [-0.2, -0.15) is 13.5 Å². The number of alkyl halides is 2. The number of rotatable bonds is 8. The molecule has 0 spiro atoms. The molecule has 9 heteroatoms. The van der Waals surface area contributed by atoms with E-state index in [1.165, 1.54) is 12.1 Å². The second kappa shape index (κ2) is 7.50. The first-order valence-corrected chi connectivity index (χ1v) is 7.90. The molecule has 0 radical (unpaired) electrons. The highest BCUT2D eigenvalue weighted by Gasteiger charge is 2.28. The van der Waals surface area contributed by atoms with Crippen molar-refractivity contribution in [3.8, 4) is 5.75 Å². The standard InChI is InChI=1S/C13H17F2NO5S/c1-8(2)7-9(12(17)18)16-22(19,20)11-6-4-3-5-10(11)21-13(14)15/h3-6,8-9,13,16H,7H2,1-2H3,(H,17,18)/t9-/m1/s1. The maximum Gasteiger partial charge on any atom is 0.387 e. The van der Waals surface area contributed by atoms with Gasteiger partial charge in [0.2, 0.25) is 10.0 Å². The lowest BCUT2D eigenvalue weighted by Crippen LogP contribution is -2.41. The van der Waals surface area contributed by atoms with E-state index in [-0.39, 0.29) is 12.3 Å². The first-order valence-electron chi connectivity index (χ1n) is 6.42. The number of benzene rings is 1. The Hall–Kier alpha value is -1.74. The Labute approximate surface area is 127 Å². The fraction of sp³-hybridized carbons (Fsp3) is 0.462. The van der Waals surface area contributed by atoms with Crippen molar-refractivity contribution in [3.05, 3.63) is 24.3 Å². The van der Waals surface area contributed by atoms with Gasteiger partial charge < -0.3 is 9.84 Å². The van der Waals surface area contributed by atoms with Crippen molar-refractivity contribution in [2.45, 2.75) is 37.8 Å². The Balaban J connectivity index is 3.10. The molecule has 6 nitrogen and oxygen atoms in total. The van der Waals surface area contributed by atoms with Gasteiger partial charge in [0.05, 0.1) is 0 Å². The molecule has 0 fully saturated rings. The number of ether oxygens (including phenoxy) is 1. The van der Waals surface area contributed by atoms with E-state index in [2.05, 4.69) is 4.74 Å². The number of halogens is 2. The molecule has 1 aromatic rings. The molecular weight excluding hydrogens is 320 g/mol. The zero-order valence-electron chi connectivity index (χ0n) is 12.0. The number of carbonyl (C=O) groups is 1. The highest BCUT2D eigenvalue weighted by molar-refractivity contribution is 7.89. The fourth-order valence-electron chi connectivity index (χ4n) is 1.79. The second-order valence-electron chi connectivity index (χ2n) is 4.97. The molecule has 0 bridgehead atoms. The molecule has 0 saturated heterocycles. The molecule has 0 unspecified atom stereocenters. The first kappa shape index (κ1) is 18.3. The molecule has 0 aliphatic rings. The van der Waals surface area contributed by atoms with Gasteiger partial charge in [0.15, 0.2) is 0 Å². The summed E-state index contributed by atoms with van der Waals surface area (Å²) < 4.78 is 55.3. The lowest BCUT2D eigenvalue weighted by Gasteiger charge is -2.18. The third-order valence-corrected chi connectivity index (χ3v) is 4.17. The topological polar surface area (TPSA) is 92.7 Å². The van der Waals surface area contributed by atoms with Crippen LogP contribution in [0.4, 0.5) is 8.78 Å². The van der Waals surface area contributed by atoms with Gasteiger partial charge in [0, 0.05) is 0 Å². The van der Waals surface area contributed by atoms with E-state index < -0.39 is 39.3 Å². The van der Waals surface area contributed by atoms with E-state index in [1.807, 2.05) is 4.72 Å². The minimum Gasteiger partial charge on any atom is -0.480 e. The lowest BCUT2D eigenvalue weighted by atomic mass is 10.1. The van der Waals surface area contributed by atoms with Crippen molar-refractivity contribution >= 4 is 16.0 Å². The monoisotopic (exact) mass is 337 g/mol. The Morgan fingerprint density at radius 2 is 1.91 bits per heavy atom. The van der Waals surface area contributed by atoms with Gasteiger partial charge in [-0.25, -0.2) is 8.42 Å². The molecule has 1 rings (SSSR count). The van der Waals surface area contributed by atoms with E-state index in [9.17, 15) is 22.0 Å². The van der Waals surface area contributed by atoms with Gasteiger partial charge >= 0.3 is 12.6 Å². The smallest absolute Gasteiger partial charge is 0.387 e. The number of sulfonamides is 1. The molecule has 0 aliphatic heterocycles. The zero-order valence-corrected chi connectivity index (χ0v) is 12.8. The van der Waals surface area contributed by atoms with Crippen molar-refractivity contribution in [2.75, 3.05) is 0 Å². The zero-order chi connectivity index (χ0) is 16.9. The van der Waals surface area contributed by atoms with Crippen LogP contribution in [0.15, 0.2) is 29.2 Å². The minimum atomic E-state index is -4.32. The normalized spacial score (nSPS) is 13.4. The summed E-state index contributed by atoms with van der Waals surface area (Å²) in [6.07, 6.45) is 0.0619.